The Kier molecular flexibility index (Phi) is 3.64. The van der Waals surface area contributed by atoms with Gasteiger partial charge in [0, 0.05) is 19.1 Å². The van der Waals surface area contributed by atoms with Crippen LogP contribution in [0.2, 0.25) is 0 Å². The molecule has 1 aliphatic heterocycles. The molecule has 3 N–H and O–H groups in total. The minimum Gasteiger partial charge on any atom is -0.327 e. The summed E-state index contributed by atoms with van der Waals surface area (Å²) < 4.78 is 0. The highest BCUT2D eigenvalue weighted by Gasteiger charge is 2.51. The first kappa shape index (κ1) is 11.5. The normalized spacial score (nSPS) is 46.4. The fourth-order valence-corrected chi connectivity index (χ4v) is 2.30. The summed E-state index contributed by atoms with van der Waals surface area (Å²) in [4.78, 5) is 0. The number of hydrogen-bond acceptors (Lipinski definition) is 2. The predicted molar refractivity (Wildman–Crippen MR) is 51.6 cm³/mol. The van der Waals surface area contributed by atoms with E-state index in [0.717, 1.165) is 12.5 Å². The van der Waals surface area contributed by atoms with Gasteiger partial charge in [0.1, 0.15) is 0 Å². The van der Waals surface area contributed by atoms with Crippen molar-refractivity contribution in [2.45, 2.75) is 19.4 Å². The van der Waals surface area contributed by atoms with Crippen LogP contribution in [-0.4, -0.2) is 19.1 Å². The van der Waals surface area contributed by atoms with Gasteiger partial charge < -0.3 is 11.1 Å². The van der Waals surface area contributed by atoms with Crippen LogP contribution in [0.3, 0.4) is 0 Å². The van der Waals surface area contributed by atoms with E-state index >= 15 is 0 Å². The first-order chi connectivity index (χ1) is 4.22. The van der Waals surface area contributed by atoms with Crippen molar-refractivity contribution >= 4 is 24.8 Å². The lowest BCUT2D eigenvalue weighted by molar-refractivity contribution is 0.0770. The molecular weight excluding hydrogens is 183 g/mol. The lowest BCUT2D eigenvalue weighted by Gasteiger charge is -2.46. The molecule has 2 nitrogen and oxygen atoms in total. The maximum atomic E-state index is 5.81. The van der Waals surface area contributed by atoms with Crippen LogP contribution in [0.15, 0.2) is 0 Å². The van der Waals surface area contributed by atoms with Crippen LogP contribution in [0.5, 0.6) is 0 Å². The van der Waals surface area contributed by atoms with Crippen molar-refractivity contribution in [3.8, 4) is 0 Å². The second-order valence-corrected chi connectivity index (χ2v) is 3.76. The second kappa shape index (κ2) is 3.48. The van der Waals surface area contributed by atoms with E-state index in [2.05, 4.69) is 12.2 Å². The van der Waals surface area contributed by atoms with Gasteiger partial charge in [-0.15, -0.1) is 24.8 Å². The molecule has 3 unspecified atom stereocenters. The van der Waals surface area contributed by atoms with Gasteiger partial charge in [-0.1, -0.05) is 6.92 Å². The van der Waals surface area contributed by atoms with Gasteiger partial charge in [-0.05, 0) is 17.8 Å². The average molecular weight is 199 g/mol. The van der Waals surface area contributed by atoms with Crippen molar-refractivity contribution in [1.82, 2.24) is 5.32 Å². The Morgan fingerprint density at radius 1 is 1.45 bits per heavy atom. The number of nitrogens with one attached hydrogen (secondary N) is 1. The summed E-state index contributed by atoms with van der Waals surface area (Å²) in [5.74, 6) is 0.775. The molecule has 0 aromatic carbocycles. The molecule has 1 saturated heterocycles. The summed E-state index contributed by atoms with van der Waals surface area (Å²) in [6.07, 6.45) is 1.23. The minimum absolute atomic E-state index is 0. The Labute approximate surface area is 80.1 Å². The van der Waals surface area contributed by atoms with E-state index in [1.165, 1.54) is 13.0 Å². The van der Waals surface area contributed by atoms with Gasteiger partial charge in [0.05, 0.1) is 0 Å². The Morgan fingerprint density at radius 2 is 2.09 bits per heavy atom. The number of halogens is 2. The summed E-state index contributed by atoms with van der Waals surface area (Å²) in [5.41, 5.74) is 6.38. The lowest BCUT2D eigenvalue weighted by atomic mass is 9.60. The molecule has 4 heteroatoms. The van der Waals surface area contributed by atoms with Gasteiger partial charge in [-0.3, -0.25) is 0 Å². The fourth-order valence-electron chi connectivity index (χ4n) is 2.30. The summed E-state index contributed by atoms with van der Waals surface area (Å²) in [5, 5.41) is 3.38. The van der Waals surface area contributed by atoms with E-state index in [0.29, 0.717) is 11.5 Å². The smallest absolute Gasteiger partial charge is 0.00907 e. The Hall–Kier alpha value is 0.500. The summed E-state index contributed by atoms with van der Waals surface area (Å²) in [6.45, 7) is 4.67. The molecule has 11 heavy (non-hydrogen) atoms. The maximum Gasteiger partial charge on any atom is 0.00907 e. The zero-order chi connectivity index (χ0) is 6.48. The van der Waals surface area contributed by atoms with Gasteiger partial charge >= 0.3 is 0 Å². The monoisotopic (exact) mass is 198 g/mol. The topological polar surface area (TPSA) is 38.0 Å². The van der Waals surface area contributed by atoms with Gasteiger partial charge in [0.15, 0.2) is 0 Å². The lowest BCUT2D eigenvalue weighted by Crippen LogP contribution is -2.53. The standard InChI is InChI=1S/C7H14N2.2ClH/c1-7-2-6(8)5(7)3-9-4-7;;/h5-6,9H,2-4,8H2,1H3;2*1H. The van der Waals surface area contributed by atoms with Gasteiger partial charge in [0.25, 0.3) is 0 Å². The van der Waals surface area contributed by atoms with Crippen molar-refractivity contribution in [3.63, 3.8) is 0 Å². The van der Waals surface area contributed by atoms with Gasteiger partial charge in [0.2, 0.25) is 0 Å². The summed E-state index contributed by atoms with van der Waals surface area (Å²) in [6, 6.07) is 0.491. The molecule has 2 fully saturated rings. The van der Waals surface area contributed by atoms with Crippen LogP contribution in [0.25, 0.3) is 0 Å². The highest BCUT2D eigenvalue weighted by atomic mass is 35.5. The molecule has 0 aromatic rings. The third kappa shape index (κ3) is 1.50. The molecule has 68 valence electrons. The van der Waals surface area contributed by atoms with E-state index in [9.17, 15) is 0 Å². The van der Waals surface area contributed by atoms with Crippen molar-refractivity contribution in [2.24, 2.45) is 17.1 Å². The highest BCUT2D eigenvalue weighted by Crippen LogP contribution is 2.47. The van der Waals surface area contributed by atoms with E-state index in [-0.39, 0.29) is 24.8 Å². The molecule has 1 aliphatic carbocycles. The third-order valence-corrected chi connectivity index (χ3v) is 3.01. The second-order valence-electron chi connectivity index (χ2n) is 3.76. The van der Waals surface area contributed by atoms with Crippen molar-refractivity contribution in [1.29, 1.82) is 0 Å². The number of hydrogen-bond donors (Lipinski definition) is 2. The molecule has 0 spiro atoms. The molecule has 0 aromatic heterocycles. The SMILES string of the molecule is CC12CNCC1C(N)C2.Cl.Cl. The van der Waals surface area contributed by atoms with E-state index in [1.807, 2.05) is 0 Å². The molecule has 0 bridgehead atoms. The molecule has 2 rings (SSSR count). The van der Waals surface area contributed by atoms with Crippen LogP contribution in [-0.2, 0) is 0 Å². The quantitative estimate of drug-likeness (QED) is 0.605. The zero-order valence-electron chi connectivity index (χ0n) is 6.67. The van der Waals surface area contributed by atoms with E-state index < -0.39 is 0 Å². The molecule has 3 atom stereocenters. The molecule has 1 heterocycles. The molecule has 0 amide bonds. The number of nitrogens with two attached hydrogens (primary N) is 1. The number of fused-ring (bicyclic) bond motifs is 1. The Balaban J connectivity index is 0.000000500. The summed E-state index contributed by atoms with van der Waals surface area (Å²) in [7, 11) is 0. The number of rotatable bonds is 0. The Bertz CT molecular complexity index is 142. The summed E-state index contributed by atoms with van der Waals surface area (Å²) >= 11 is 0. The molecular formula is C7H16Cl2N2. The molecule has 1 saturated carbocycles. The van der Waals surface area contributed by atoms with Crippen LogP contribution < -0.4 is 11.1 Å². The van der Waals surface area contributed by atoms with Crippen molar-refractivity contribution in [2.75, 3.05) is 13.1 Å². The van der Waals surface area contributed by atoms with E-state index in [4.69, 9.17) is 5.73 Å². The highest BCUT2D eigenvalue weighted by molar-refractivity contribution is 5.85. The first-order valence-corrected chi connectivity index (χ1v) is 3.69. The fraction of sp³-hybridized carbons (Fsp3) is 1.00. The minimum atomic E-state index is 0. The van der Waals surface area contributed by atoms with Crippen LogP contribution in [0.1, 0.15) is 13.3 Å². The predicted octanol–water partition coefficient (Wildman–Crippen LogP) is 0.787. The van der Waals surface area contributed by atoms with Gasteiger partial charge in [-0.25, -0.2) is 0 Å². The zero-order valence-corrected chi connectivity index (χ0v) is 8.30. The van der Waals surface area contributed by atoms with E-state index in [1.54, 1.807) is 0 Å². The van der Waals surface area contributed by atoms with Crippen LogP contribution >= 0.6 is 24.8 Å². The van der Waals surface area contributed by atoms with Crippen LogP contribution in [0, 0.1) is 11.3 Å². The van der Waals surface area contributed by atoms with Gasteiger partial charge in [-0.2, -0.15) is 0 Å². The first-order valence-electron chi connectivity index (χ1n) is 3.69. The van der Waals surface area contributed by atoms with Crippen molar-refractivity contribution < 1.29 is 0 Å². The molecule has 2 aliphatic rings. The maximum absolute atomic E-state index is 5.81. The molecule has 0 radical (unpaired) electrons. The largest absolute Gasteiger partial charge is 0.327 e. The third-order valence-electron chi connectivity index (χ3n) is 3.01. The average Bonchev–Trinajstić information content (AvgIpc) is 2.06. The Morgan fingerprint density at radius 3 is 2.45 bits per heavy atom. The van der Waals surface area contributed by atoms with Crippen LogP contribution in [0.4, 0.5) is 0 Å². The van der Waals surface area contributed by atoms with Crippen molar-refractivity contribution in [3.05, 3.63) is 0 Å².